The van der Waals surface area contributed by atoms with Crippen LogP contribution in [-0.2, 0) is 16.0 Å². The summed E-state index contributed by atoms with van der Waals surface area (Å²) in [5.41, 5.74) is 1.52. The number of nitrogens with zero attached hydrogens (tertiary/aromatic N) is 2. The third-order valence-corrected chi connectivity index (χ3v) is 5.95. The van der Waals surface area contributed by atoms with E-state index in [9.17, 15) is 23.2 Å². The van der Waals surface area contributed by atoms with Crippen molar-refractivity contribution in [2.24, 2.45) is 0 Å². The van der Waals surface area contributed by atoms with E-state index in [1.54, 1.807) is 36.4 Å². The summed E-state index contributed by atoms with van der Waals surface area (Å²) in [5.74, 6) is -1.22. The van der Waals surface area contributed by atoms with Gasteiger partial charge in [0.05, 0.1) is 18.7 Å². The molecule has 192 valence electrons. The Kier molecular flexibility index (Phi) is 8.12. The van der Waals surface area contributed by atoms with Crippen molar-refractivity contribution in [2.75, 3.05) is 23.4 Å². The number of hydrogen-bond acceptors (Lipinski definition) is 4. The summed E-state index contributed by atoms with van der Waals surface area (Å²) in [7, 11) is 0. The highest BCUT2D eigenvalue weighted by molar-refractivity contribution is 6.22. The van der Waals surface area contributed by atoms with Crippen molar-refractivity contribution in [3.05, 3.63) is 90.0 Å². The first-order valence-corrected chi connectivity index (χ1v) is 12.0. The molecule has 7 nitrogen and oxygen atoms in total. The molecule has 1 N–H and O–H groups in total. The summed E-state index contributed by atoms with van der Waals surface area (Å²) >= 11 is 0. The Labute approximate surface area is 213 Å². The molecule has 1 aliphatic heterocycles. The van der Waals surface area contributed by atoms with Crippen LogP contribution >= 0.6 is 0 Å². The van der Waals surface area contributed by atoms with E-state index in [2.05, 4.69) is 5.32 Å². The van der Waals surface area contributed by atoms with Gasteiger partial charge in [-0.3, -0.25) is 9.59 Å². The van der Waals surface area contributed by atoms with E-state index in [0.717, 1.165) is 29.0 Å². The number of carbonyl (C=O) groups is 3. The molecule has 1 heterocycles. The van der Waals surface area contributed by atoms with Crippen LogP contribution in [0.15, 0.2) is 72.8 Å². The first-order valence-electron chi connectivity index (χ1n) is 12.0. The lowest BCUT2D eigenvalue weighted by Crippen LogP contribution is -2.39. The van der Waals surface area contributed by atoms with E-state index in [1.165, 1.54) is 29.2 Å². The molecular weight excluding hydrogens is 480 g/mol. The van der Waals surface area contributed by atoms with E-state index >= 15 is 0 Å². The van der Waals surface area contributed by atoms with Crippen LogP contribution in [0.4, 0.5) is 25.0 Å². The third-order valence-electron chi connectivity index (χ3n) is 5.95. The van der Waals surface area contributed by atoms with E-state index < -0.39 is 29.7 Å². The average molecular weight is 508 g/mol. The predicted molar refractivity (Wildman–Crippen MR) is 135 cm³/mol. The predicted octanol–water partition coefficient (Wildman–Crippen LogP) is 5.16. The maximum Gasteiger partial charge on any atom is 0.332 e. The van der Waals surface area contributed by atoms with Gasteiger partial charge >= 0.3 is 6.03 Å². The van der Waals surface area contributed by atoms with Crippen LogP contribution < -0.4 is 15.0 Å². The zero-order valence-electron chi connectivity index (χ0n) is 20.3. The number of urea groups is 1. The van der Waals surface area contributed by atoms with E-state index in [-0.39, 0.29) is 24.5 Å². The van der Waals surface area contributed by atoms with Crippen molar-refractivity contribution in [2.45, 2.75) is 32.2 Å². The Balaban J connectivity index is 1.50. The van der Waals surface area contributed by atoms with Crippen molar-refractivity contribution in [1.29, 1.82) is 0 Å². The Morgan fingerprint density at radius 3 is 2.16 bits per heavy atom. The Bertz CT molecular complexity index is 1250. The number of carbonyl (C=O) groups excluding carboxylic acids is 3. The molecule has 0 spiro atoms. The molecule has 0 unspecified atom stereocenters. The fourth-order valence-corrected chi connectivity index (χ4v) is 4.06. The Morgan fingerprint density at radius 1 is 0.919 bits per heavy atom. The van der Waals surface area contributed by atoms with Crippen LogP contribution in [0.3, 0.4) is 0 Å². The van der Waals surface area contributed by atoms with E-state index in [4.69, 9.17) is 4.74 Å². The number of rotatable bonds is 10. The largest absolute Gasteiger partial charge is 0.494 e. The standard InChI is InChI=1S/C28H27F2N3O4/c1-2-17-37-24-13-9-22(10-14-24)31-26(34)18-25-27(35)33(23-11-7-21(30)8-12-23)28(36)32(25)16-15-19-3-5-20(29)6-4-19/h3-14,25H,2,15-18H2,1H3,(H,31,34)/t25-/m0/s1. The van der Waals surface area contributed by atoms with E-state index in [1.807, 2.05) is 6.92 Å². The topological polar surface area (TPSA) is 79.0 Å². The normalized spacial score (nSPS) is 15.3. The zero-order chi connectivity index (χ0) is 26.4. The quantitative estimate of drug-likeness (QED) is 0.385. The molecule has 0 aromatic heterocycles. The van der Waals surface area contributed by atoms with Gasteiger partial charge in [-0.05, 0) is 79.1 Å². The minimum Gasteiger partial charge on any atom is -0.494 e. The van der Waals surface area contributed by atoms with Gasteiger partial charge in [-0.15, -0.1) is 0 Å². The second-order valence-corrected chi connectivity index (χ2v) is 8.64. The lowest BCUT2D eigenvalue weighted by Gasteiger charge is -2.21. The zero-order valence-corrected chi connectivity index (χ0v) is 20.3. The van der Waals surface area contributed by atoms with Gasteiger partial charge in [-0.25, -0.2) is 18.5 Å². The van der Waals surface area contributed by atoms with Gasteiger partial charge in [-0.2, -0.15) is 0 Å². The monoisotopic (exact) mass is 507 g/mol. The number of amides is 4. The second kappa shape index (κ2) is 11.6. The van der Waals surface area contributed by atoms with Gasteiger partial charge in [0, 0.05) is 12.2 Å². The maximum atomic E-state index is 13.4. The molecule has 1 fully saturated rings. The summed E-state index contributed by atoms with van der Waals surface area (Å²) in [6, 6.07) is 16.1. The van der Waals surface area contributed by atoms with Gasteiger partial charge in [0.1, 0.15) is 23.4 Å². The van der Waals surface area contributed by atoms with Gasteiger partial charge in [0.15, 0.2) is 0 Å². The van der Waals surface area contributed by atoms with Crippen LogP contribution in [-0.4, -0.2) is 41.9 Å². The van der Waals surface area contributed by atoms with Crippen molar-refractivity contribution in [3.63, 3.8) is 0 Å². The molecule has 0 saturated carbocycles. The van der Waals surface area contributed by atoms with Crippen molar-refractivity contribution >= 4 is 29.2 Å². The highest BCUT2D eigenvalue weighted by Gasteiger charge is 2.46. The summed E-state index contributed by atoms with van der Waals surface area (Å²) in [4.78, 5) is 41.8. The number of benzene rings is 3. The second-order valence-electron chi connectivity index (χ2n) is 8.64. The summed E-state index contributed by atoms with van der Waals surface area (Å²) in [6.07, 6.45) is 0.965. The first kappa shape index (κ1) is 25.8. The molecule has 0 radical (unpaired) electrons. The number of anilines is 2. The minimum absolute atomic E-state index is 0.134. The molecule has 1 saturated heterocycles. The Morgan fingerprint density at radius 2 is 1.54 bits per heavy atom. The molecule has 37 heavy (non-hydrogen) atoms. The molecule has 3 aromatic carbocycles. The van der Waals surface area contributed by atoms with Gasteiger partial charge in [0.25, 0.3) is 5.91 Å². The van der Waals surface area contributed by atoms with Crippen molar-refractivity contribution < 1.29 is 27.9 Å². The Hall–Kier alpha value is -4.27. The molecule has 3 aromatic rings. The van der Waals surface area contributed by atoms with Gasteiger partial charge in [0.2, 0.25) is 5.91 Å². The maximum absolute atomic E-state index is 13.4. The number of halogens is 2. The van der Waals surface area contributed by atoms with Crippen LogP contribution in [0.5, 0.6) is 5.75 Å². The molecule has 9 heteroatoms. The summed E-state index contributed by atoms with van der Waals surface area (Å²) in [5, 5.41) is 2.76. The van der Waals surface area contributed by atoms with Gasteiger partial charge in [-0.1, -0.05) is 19.1 Å². The number of ether oxygens (including phenoxy) is 1. The van der Waals surface area contributed by atoms with Crippen molar-refractivity contribution in [1.82, 2.24) is 4.90 Å². The molecule has 1 aliphatic rings. The SMILES string of the molecule is CCCOc1ccc(NC(=O)C[C@H]2C(=O)N(c3ccc(F)cc3)C(=O)N2CCc2ccc(F)cc2)cc1. The number of hydrogen-bond donors (Lipinski definition) is 1. The van der Waals surface area contributed by atoms with Crippen LogP contribution in [0.1, 0.15) is 25.3 Å². The fourth-order valence-electron chi connectivity index (χ4n) is 4.06. The van der Waals surface area contributed by atoms with E-state index in [0.29, 0.717) is 24.5 Å². The summed E-state index contributed by atoms with van der Waals surface area (Å²) < 4.78 is 32.3. The highest BCUT2D eigenvalue weighted by Crippen LogP contribution is 2.28. The smallest absolute Gasteiger partial charge is 0.332 e. The molecule has 4 rings (SSSR count). The minimum atomic E-state index is -1.05. The van der Waals surface area contributed by atoms with Crippen LogP contribution in [0.2, 0.25) is 0 Å². The molecule has 1 atom stereocenters. The average Bonchev–Trinajstić information content (AvgIpc) is 3.12. The molecular formula is C28H27F2N3O4. The molecule has 4 amide bonds. The van der Waals surface area contributed by atoms with Crippen LogP contribution in [0, 0.1) is 11.6 Å². The fraction of sp³-hybridized carbons (Fsp3) is 0.250. The number of imide groups is 1. The third kappa shape index (κ3) is 6.30. The highest BCUT2D eigenvalue weighted by atomic mass is 19.1. The molecule has 0 aliphatic carbocycles. The van der Waals surface area contributed by atoms with Crippen molar-refractivity contribution in [3.8, 4) is 5.75 Å². The first-order chi connectivity index (χ1) is 17.9. The lowest BCUT2D eigenvalue weighted by molar-refractivity contribution is -0.124. The van der Waals surface area contributed by atoms with Crippen LogP contribution in [0.25, 0.3) is 0 Å². The lowest BCUT2D eigenvalue weighted by atomic mass is 10.1. The number of nitrogens with one attached hydrogen (secondary N) is 1. The molecule has 0 bridgehead atoms. The van der Waals surface area contributed by atoms with Gasteiger partial charge < -0.3 is 15.0 Å². The summed E-state index contributed by atoms with van der Waals surface area (Å²) in [6.45, 7) is 2.72.